The van der Waals surface area contributed by atoms with Crippen molar-refractivity contribution in [3.05, 3.63) is 69.1 Å². The van der Waals surface area contributed by atoms with Gasteiger partial charge in [-0.05, 0) is 46.2 Å². The third-order valence-electron chi connectivity index (χ3n) is 5.10. The molecule has 0 amide bonds. The summed E-state index contributed by atoms with van der Waals surface area (Å²) in [6.07, 6.45) is -3.40. The molecule has 0 radical (unpaired) electrons. The predicted molar refractivity (Wildman–Crippen MR) is 123 cm³/mol. The molecule has 0 aliphatic rings. The average molecular weight is 480 g/mol. The van der Waals surface area contributed by atoms with Crippen molar-refractivity contribution in [2.24, 2.45) is 0 Å². The van der Waals surface area contributed by atoms with Gasteiger partial charge in [0.2, 0.25) is 0 Å². The Bertz CT molecular complexity index is 1190. The van der Waals surface area contributed by atoms with E-state index in [2.05, 4.69) is 0 Å². The average Bonchev–Trinajstić information content (AvgIpc) is 2.64. The van der Waals surface area contributed by atoms with Gasteiger partial charge in [0.05, 0.1) is 11.3 Å². The smallest absolute Gasteiger partial charge is 0.416 e. The number of nitrogens with zero attached hydrogens (tertiary/aromatic N) is 1. The predicted octanol–water partition coefficient (Wildman–Crippen LogP) is 6.49. The van der Waals surface area contributed by atoms with Gasteiger partial charge >= 0.3 is 6.18 Å². The van der Waals surface area contributed by atoms with Crippen LogP contribution in [0.15, 0.2) is 41.3 Å². The highest BCUT2D eigenvalue weighted by Gasteiger charge is 2.31. The number of rotatable bonds is 4. The van der Waals surface area contributed by atoms with Gasteiger partial charge in [0, 0.05) is 11.1 Å². The molecule has 0 unspecified atom stereocenters. The molecule has 1 N–H and O–H groups in total. The molecule has 0 aliphatic carbocycles. The number of halogens is 3. The van der Waals surface area contributed by atoms with Crippen LogP contribution >= 0.6 is 0 Å². The summed E-state index contributed by atoms with van der Waals surface area (Å²) in [7, 11) is -4.22. The number of hydrogen-bond donors (Lipinski definition) is 1. The van der Waals surface area contributed by atoms with Crippen molar-refractivity contribution in [1.29, 1.82) is 5.26 Å². The Morgan fingerprint density at radius 2 is 1.52 bits per heavy atom. The van der Waals surface area contributed by atoms with E-state index in [4.69, 9.17) is 0 Å². The second kappa shape index (κ2) is 8.86. The maximum absolute atomic E-state index is 13.0. The number of nitriles is 1. The molecule has 0 spiro atoms. The van der Waals surface area contributed by atoms with E-state index in [0.717, 1.165) is 18.2 Å². The summed E-state index contributed by atoms with van der Waals surface area (Å²) < 4.78 is 64.8. The summed E-state index contributed by atoms with van der Waals surface area (Å²) in [5, 5.41) is 20.4. The molecule has 0 fully saturated rings. The molecule has 0 saturated carbocycles. The summed E-state index contributed by atoms with van der Waals surface area (Å²) in [6.45, 7) is 11.4. The Kier molecular flexibility index (Phi) is 7.11. The first kappa shape index (κ1) is 26.5. The largest absolute Gasteiger partial charge is 0.507 e. The lowest BCUT2D eigenvalue weighted by Crippen LogP contribution is -2.17. The van der Waals surface area contributed by atoms with Gasteiger partial charge in [-0.25, -0.2) is 8.42 Å². The number of sulfone groups is 1. The molecule has 0 heterocycles. The number of hydrogen-bond acceptors (Lipinski definition) is 4. The summed E-state index contributed by atoms with van der Waals surface area (Å²) >= 11 is 0. The zero-order valence-corrected chi connectivity index (χ0v) is 20.3. The van der Waals surface area contributed by atoms with E-state index < -0.39 is 43.1 Å². The summed E-state index contributed by atoms with van der Waals surface area (Å²) in [4.78, 5) is -0.565. The fraction of sp³-hybridized carbons (Fsp3) is 0.400. The third-order valence-corrected chi connectivity index (χ3v) is 6.69. The second-order valence-electron chi connectivity index (χ2n) is 10.0. The van der Waals surface area contributed by atoms with Gasteiger partial charge in [0.25, 0.3) is 0 Å². The van der Waals surface area contributed by atoms with Gasteiger partial charge in [-0.15, -0.1) is 0 Å². The van der Waals surface area contributed by atoms with Crippen LogP contribution in [0.2, 0.25) is 0 Å². The van der Waals surface area contributed by atoms with Gasteiger partial charge in [-0.3, -0.25) is 0 Å². The highest BCUT2D eigenvalue weighted by Crippen LogP contribution is 2.40. The van der Waals surface area contributed by atoms with Gasteiger partial charge in [0.1, 0.15) is 16.7 Å². The van der Waals surface area contributed by atoms with E-state index in [1.807, 2.05) is 41.5 Å². The van der Waals surface area contributed by atoms with E-state index in [0.29, 0.717) is 16.7 Å². The van der Waals surface area contributed by atoms with Crippen molar-refractivity contribution in [3.63, 3.8) is 0 Å². The lowest BCUT2D eigenvalue weighted by molar-refractivity contribution is -0.137. The van der Waals surface area contributed by atoms with E-state index >= 15 is 0 Å². The summed E-state index contributed by atoms with van der Waals surface area (Å²) in [6, 6.07) is 8.96. The molecular formula is C25H28F3NO3S. The number of allylic oxidation sites excluding steroid dienone is 1. The van der Waals surface area contributed by atoms with Crippen molar-refractivity contribution in [1.82, 2.24) is 0 Å². The van der Waals surface area contributed by atoms with Crippen LogP contribution in [0, 0.1) is 11.3 Å². The SMILES string of the molecule is CC(C)(C)c1cc(/C=C(/C#N)S(=O)(=O)Cc2cccc(C(F)(F)F)c2)cc(C(C)(C)C)c1O. The Morgan fingerprint density at radius 1 is 1.00 bits per heavy atom. The van der Waals surface area contributed by atoms with Crippen molar-refractivity contribution < 1.29 is 26.7 Å². The maximum Gasteiger partial charge on any atom is 0.416 e. The van der Waals surface area contributed by atoms with E-state index in [-0.39, 0.29) is 11.3 Å². The summed E-state index contributed by atoms with van der Waals surface area (Å²) in [5.41, 5.74) is -0.354. The number of benzene rings is 2. The minimum absolute atomic E-state index is 0.0672. The fourth-order valence-electron chi connectivity index (χ4n) is 3.36. The number of phenolic OH excluding ortho intramolecular Hbond substituents is 1. The first-order valence-corrected chi connectivity index (χ1v) is 11.9. The Balaban J connectivity index is 2.60. The normalized spacial score (nSPS) is 13.6. The zero-order valence-electron chi connectivity index (χ0n) is 19.5. The molecular weight excluding hydrogens is 451 g/mol. The second-order valence-corrected chi connectivity index (χ2v) is 12.0. The van der Waals surface area contributed by atoms with Crippen LogP contribution in [0.5, 0.6) is 5.75 Å². The van der Waals surface area contributed by atoms with Crippen LogP contribution in [0.4, 0.5) is 13.2 Å². The quantitative estimate of drug-likeness (QED) is 0.509. The zero-order chi connectivity index (χ0) is 25.4. The van der Waals surface area contributed by atoms with Crippen molar-refractivity contribution in [2.75, 3.05) is 0 Å². The molecule has 4 nitrogen and oxygen atoms in total. The van der Waals surface area contributed by atoms with Gasteiger partial charge in [0.15, 0.2) is 9.84 Å². The van der Waals surface area contributed by atoms with Gasteiger partial charge in [-0.1, -0.05) is 59.7 Å². The Hall–Kier alpha value is -2.79. The number of alkyl halides is 3. The molecule has 2 rings (SSSR count). The molecule has 2 aromatic rings. The molecule has 33 heavy (non-hydrogen) atoms. The first-order chi connectivity index (χ1) is 14.9. The molecule has 0 atom stereocenters. The fourth-order valence-corrected chi connectivity index (χ4v) is 4.59. The lowest BCUT2D eigenvalue weighted by atomic mass is 9.78. The Labute approximate surface area is 193 Å². The topological polar surface area (TPSA) is 78.2 Å². The molecule has 0 aliphatic heterocycles. The van der Waals surface area contributed by atoms with Crippen LogP contribution in [0.25, 0.3) is 6.08 Å². The highest BCUT2D eigenvalue weighted by atomic mass is 32.2. The molecule has 2 aromatic carbocycles. The highest BCUT2D eigenvalue weighted by molar-refractivity contribution is 7.95. The van der Waals surface area contributed by atoms with Crippen molar-refractivity contribution in [3.8, 4) is 11.8 Å². The van der Waals surface area contributed by atoms with Crippen LogP contribution in [-0.2, 0) is 32.6 Å². The lowest BCUT2D eigenvalue weighted by Gasteiger charge is -2.28. The molecule has 0 bridgehead atoms. The van der Waals surface area contributed by atoms with Crippen LogP contribution in [0.3, 0.4) is 0 Å². The molecule has 0 saturated heterocycles. The molecule has 178 valence electrons. The maximum atomic E-state index is 13.0. The van der Waals surface area contributed by atoms with E-state index in [9.17, 15) is 32.0 Å². The monoisotopic (exact) mass is 479 g/mol. The standard InChI is InChI=1S/C25H28F3NO3S/c1-23(2,3)20-12-17(13-21(22(20)30)24(4,5)6)11-19(14-29)33(31,32)15-16-8-7-9-18(10-16)25(26,27)28/h7-13,30H,15H2,1-6H3/b19-11-. The summed E-state index contributed by atoms with van der Waals surface area (Å²) in [5.74, 6) is -0.635. The van der Waals surface area contributed by atoms with Gasteiger partial charge in [-0.2, -0.15) is 18.4 Å². The van der Waals surface area contributed by atoms with E-state index in [1.54, 1.807) is 18.2 Å². The minimum Gasteiger partial charge on any atom is -0.507 e. The first-order valence-electron chi connectivity index (χ1n) is 10.2. The van der Waals surface area contributed by atoms with E-state index in [1.165, 1.54) is 12.1 Å². The molecule has 0 aromatic heterocycles. The van der Waals surface area contributed by atoms with Crippen molar-refractivity contribution >= 4 is 15.9 Å². The van der Waals surface area contributed by atoms with Crippen LogP contribution < -0.4 is 0 Å². The van der Waals surface area contributed by atoms with Gasteiger partial charge < -0.3 is 5.11 Å². The minimum atomic E-state index is -4.60. The number of phenols is 1. The van der Waals surface area contributed by atoms with Crippen molar-refractivity contribution in [2.45, 2.75) is 64.3 Å². The van der Waals surface area contributed by atoms with Crippen LogP contribution in [0.1, 0.15) is 69.4 Å². The third kappa shape index (κ3) is 6.38. The molecule has 8 heteroatoms. The van der Waals surface area contributed by atoms with Crippen LogP contribution in [-0.4, -0.2) is 13.5 Å². The Morgan fingerprint density at radius 3 is 1.94 bits per heavy atom. The number of aromatic hydroxyl groups is 1.